The van der Waals surface area contributed by atoms with E-state index in [1.807, 2.05) is 12.1 Å². The second-order valence-electron chi connectivity index (χ2n) is 6.04. The first-order chi connectivity index (χ1) is 10.6. The van der Waals surface area contributed by atoms with Gasteiger partial charge < -0.3 is 4.90 Å². The lowest BCUT2D eigenvalue weighted by Crippen LogP contribution is -2.28. The fraction of sp³-hybridized carbons (Fsp3) is 0.250. The number of rotatable bonds is 3. The molecule has 2 heteroatoms. The first kappa shape index (κ1) is 14.6. The van der Waals surface area contributed by atoms with Crippen molar-refractivity contribution >= 4 is 17.5 Å². The number of nitrogens with zero attached hydrogens (tertiary/aromatic N) is 1. The molecule has 1 aliphatic rings. The number of benzene rings is 2. The fourth-order valence-corrected chi connectivity index (χ4v) is 3.01. The molecule has 0 aliphatic carbocycles. The Balaban J connectivity index is 2.06. The number of ketones is 1. The predicted octanol–water partition coefficient (Wildman–Crippen LogP) is 4.81. The molecular weight excluding hydrogens is 270 g/mol. The molecule has 1 atom stereocenters. The molecule has 1 heterocycles. The third-order valence-electron chi connectivity index (χ3n) is 4.37. The van der Waals surface area contributed by atoms with Gasteiger partial charge in [-0.1, -0.05) is 30.3 Å². The molecular formula is C20H21NO. The molecule has 0 spiro atoms. The van der Waals surface area contributed by atoms with Gasteiger partial charge in [0.1, 0.15) is 5.78 Å². The highest BCUT2D eigenvalue weighted by atomic mass is 16.1. The Bertz CT molecular complexity index is 745. The number of fused-ring (bicyclic) bond motifs is 1. The summed E-state index contributed by atoms with van der Waals surface area (Å²) >= 11 is 0. The second-order valence-corrected chi connectivity index (χ2v) is 6.04. The molecule has 0 bridgehead atoms. The summed E-state index contributed by atoms with van der Waals surface area (Å²) in [4.78, 5) is 14.0. The molecule has 0 saturated heterocycles. The van der Waals surface area contributed by atoms with Crippen LogP contribution in [0.2, 0.25) is 0 Å². The topological polar surface area (TPSA) is 20.3 Å². The van der Waals surface area contributed by atoms with Gasteiger partial charge in [0.2, 0.25) is 0 Å². The van der Waals surface area contributed by atoms with Gasteiger partial charge in [-0.2, -0.15) is 0 Å². The molecule has 2 aromatic carbocycles. The van der Waals surface area contributed by atoms with Crippen molar-refractivity contribution in [3.63, 3.8) is 0 Å². The molecule has 1 aliphatic heterocycles. The normalized spacial score (nSPS) is 16.5. The fourth-order valence-electron chi connectivity index (χ4n) is 3.01. The van der Waals surface area contributed by atoms with E-state index in [1.54, 1.807) is 6.92 Å². The van der Waals surface area contributed by atoms with Gasteiger partial charge in [0.15, 0.2) is 0 Å². The zero-order valence-electron chi connectivity index (χ0n) is 13.3. The van der Waals surface area contributed by atoms with Crippen LogP contribution in [0.3, 0.4) is 0 Å². The Hall–Kier alpha value is -2.35. The average Bonchev–Trinajstić information content (AvgIpc) is 2.50. The Kier molecular flexibility index (Phi) is 3.84. The number of Topliss-reactive ketones (excluding diaryl/α,β-unsaturated/α-hetero) is 1. The zero-order chi connectivity index (χ0) is 15.7. The van der Waals surface area contributed by atoms with Crippen molar-refractivity contribution in [1.82, 2.24) is 0 Å². The summed E-state index contributed by atoms with van der Waals surface area (Å²) in [6.45, 7) is 5.91. The maximum Gasteiger partial charge on any atom is 0.132 e. The maximum absolute atomic E-state index is 11.8. The summed E-state index contributed by atoms with van der Waals surface area (Å²) in [5.74, 6) is 0.212. The van der Waals surface area contributed by atoms with Gasteiger partial charge in [-0.15, -0.1) is 0 Å². The van der Waals surface area contributed by atoms with E-state index in [9.17, 15) is 4.79 Å². The van der Waals surface area contributed by atoms with Gasteiger partial charge in [-0.3, -0.25) is 4.79 Å². The summed E-state index contributed by atoms with van der Waals surface area (Å²) < 4.78 is 0. The number of hydrogen-bond donors (Lipinski definition) is 0. The van der Waals surface area contributed by atoms with Crippen molar-refractivity contribution < 1.29 is 4.79 Å². The molecule has 0 fully saturated rings. The highest BCUT2D eigenvalue weighted by molar-refractivity contribution is 5.79. The quantitative estimate of drug-likeness (QED) is 0.808. The van der Waals surface area contributed by atoms with Gasteiger partial charge in [0, 0.05) is 18.3 Å². The Morgan fingerprint density at radius 2 is 1.86 bits per heavy atom. The first-order valence-electron chi connectivity index (χ1n) is 7.68. The lowest BCUT2D eigenvalue weighted by atomic mass is 9.92. The third kappa shape index (κ3) is 2.69. The van der Waals surface area contributed by atoms with Crippen molar-refractivity contribution in [1.29, 1.82) is 0 Å². The van der Waals surface area contributed by atoms with Crippen molar-refractivity contribution in [3.8, 4) is 0 Å². The van der Waals surface area contributed by atoms with Crippen LogP contribution in [0.4, 0.5) is 5.69 Å². The number of anilines is 1. The number of aryl methyl sites for hydroxylation is 2. The van der Waals surface area contributed by atoms with E-state index in [4.69, 9.17) is 0 Å². The molecule has 2 nitrogen and oxygen atoms in total. The lowest BCUT2D eigenvalue weighted by Gasteiger charge is -2.35. The molecule has 0 aromatic heterocycles. The molecule has 0 radical (unpaired) electrons. The van der Waals surface area contributed by atoms with Crippen LogP contribution in [0.1, 0.15) is 41.6 Å². The SMILES string of the molecule is CC(=O)CC1c2ccccc2C=CN1c1ccc(C)c(C)c1. The average molecular weight is 291 g/mol. The zero-order valence-corrected chi connectivity index (χ0v) is 13.3. The van der Waals surface area contributed by atoms with E-state index in [2.05, 4.69) is 61.4 Å². The van der Waals surface area contributed by atoms with E-state index < -0.39 is 0 Å². The number of carbonyl (C=O) groups excluding carboxylic acids is 1. The number of hydrogen-bond acceptors (Lipinski definition) is 2. The summed E-state index contributed by atoms with van der Waals surface area (Å²) in [6, 6.07) is 14.9. The predicted molar refractivity (Wildman–Crippen MR) is 91.9 cm³/mol. The van der Waals surface area contributed by atoms with E-state index in [1.165, 1.54) is 22.3 Å². The van der Waals surface area contributed by atoms with Gasteiger partial charge in [0.25, 0.3) is 0 Å². The lowest BCUT2D eigenvalue weighted by molar-refractivity contribution is -0.117. The third-order valence-corrected chi connectivity index (χ3v) is 4.37. The summed E-state index contributed by atoms with van der Waals surface area (Å²) in [5, 5.41) is 0. The number of carbonyl (C=O) groups is 1. The van der Waals surface area contributed by atoms with Gasteiger partial charge in [-0.05, 0) is 61.2 Å². The summed E-state index contributed by atoms with van der Waals surface area (Å²) in [7, 11) is 0. The van der Waals surface area contributed by atoms with Crippen LogP contribution in [0.15, 0.2) is 48.7 Å². The molecule has 3 rings (SSSR count). The Labute approximate surface area is 132 Å². The Morgan fingerprint density at radius 1 is 1.09 bits per heavy atom. The molecule has 0 N–H and O–H groups in total. The highest BCUT2D eigenvalue weighted by Gasteiger charge is 2.25. The second kappa shape index (κ2) is 5.80. The van der Waals surface area contributed by atoms with Crippen LogP contribution in [0.25, 0.3) is 6.08 Å². The standard InChI is InChI=1S/C20H21NO/c1-14-8-9-18(12-15(14)2)21-11-10-17-6-4-5-7-19(17)20(21)13-16(3)22/h4-12,20H,13H2,1-3H3. The van der Waals surface area contributed by atoms with Crippen molar-refractivity contribution in [2.75, 3.05) is 4.90 Å². The van der Waals surface area contributed by atoms with Crippen LogP contribution in [0.5, 0.6) is 0 Å². The maximum atomic E-state index is 11.8. The minimum Gasteiger partial charge on any atom is -0.340 e. The van der Waals surface area contributed by atoms with Crippen LogP contribution in [-0.4, -0.2) is 5.78 Å². The minimum absolute atomic E-state index is 0.0702. The monoisotopic (exact) mass is 291 g/mol. The van der Waals surface area contributed by atoms with Crippen LogP contribution >= 0.6 is 0 Å². The summed E-state index contributed by atoms with van der Waals surface area (Å²) in [6.07, 6.45) is 4.75. The molecule has 2 aromatic rings. The van der Waals surface area contributed by atoms with Gasteiger partial charge in [0.05, 0.1) is 6.04 Å². The van der Waals surface area contributed by atoms with Crippen molar-refractivity contribution in [2.24, 2.45) is 0 Å². The van der Waals surface area contributed by atoms with Gasteiger partial charge in [-0.25, -0.2) is 0 Å². The Morgan fingerprint density at radius 3 is 2.59 bits per heavy atom. The molecule has 22 heavy (non-hydrogen) atoms. The van der Waals surface area contributed by atoms with E-state index in [0.29, 0.717) is 6.42 Å². The minimum atomic E-state index is 0.0702. The molecule has 112 valence electrons. The molecule has 1 unspecified atom stereocenters. The van der Waals surface area contributed by atoms with Crippen LogP contribution in [0, 0.1) is 13.8 Å². The molecule has 0 saturated carbocycles. The van der Waals surface area contributed by atoms with Crippen LogP contribution < -0.4 is 4.90 Å². The summed E-state index contributed by atoms with van der Waals surface area (Å²) in [5.41, 5.74) is 6.12. The first-order valence-corrected chi connectivity index (χ1v) is 7.68. The largest absolute Gasteiger partial charge is 0.340 e. The van der Waals surface area contributed by atoms with Crippen molar-refractivity contribution in [3.05, 3.63) is 70.9 Å². The highest BCUT2D eigenvalue weighted by Crippen LogP contribution is 2.37. The van der Waals surface area contributed by atoms with E-state index >= 15 is 0 Å². The van der Waals surface area contributed by atoms with Crippen molar-refractivity contribution in [2.45, 2.75) is 33.2 Å². The van der Waals surface area contributed by atoms with E-state index in [0.717, 1.165) is 5.69 Å². The smallest absolute Gasteiger partial charge is 0.132 e. The van der Waals surface area contributed by atoms with Crippen LogP contribution in [-0.2, 0) is 4.79 Å². The molecule has 0 amide bonds. The van der Waals surface area contributed by atoms with E-state index in [-0.39, 0.29) is 11.8 Å². The van der Waals surface area contributed by atoms with Gasteiger partial charge >= 0.3 is 0 Å².